The summed E-state index contributed by atoms with van der Waals surface area (Å²) < 4.78 is 24.4. The summed E-state index contributed by atoms with van der Waals surface area (Å²) in [5.41, 5.74) is 1.41. The van der Waals surface area contributed by atoms with Crippen molar-refractivity contribution < 1.29 is 13.3 Å². The summed E-state index contributed by atoms with van der Waals surface area (Å²) >= 11 is 0. The number of nitro groups is 1. The van der Waals surface area contributed by atoms with Gasteiger partial charge in [0.25, 0.3) is 5.69 Å². The molecule has 1 fully saturated rings. The topological polar surface area (TPSA) is 89.3 Å². The highest BCUT2D eigenvalue weighted by Gasteiger charge is 2.25. The van der Waals surface area contributed by atoms with Crippen molar-refractivity contribution in [2.24, 2.45) is 0 Å². The Morgan fingerprint density at radius 3 is 2.61 bits per heavy atom. The van der Waals surface area contributed by atoms with Crippen molar-refractivity contribution in [2.45, 2.75) is 25.3 Å². The van der Waals surface area contributed by atoms with E-state index in [-0.39, 0.29) is 12.2 Å². The van der Waals surface area contributed by atoms with Crippen LogP contribution in [0.4, 0.5) is 5.69 Å². The van der Waals surface area contributed by atoms with E-state index in [9.17, 15) is 18.5 Å². The summed E-state index contributed by atoms with van der Waals surface area (Å²) in [7, 11) is -3.35. The molecule has 0 aliphatic heterocycles. The van der Waals surface area contributed by atoms with Crippen LogP contribution in [0, 0.1) is 10.1 Å². The molecule has 98 valence electrons. The highest BCUT2D eigenvalue weighted by atomic mass is 32.2. The predicted molar refractivity (Wildman–Crippen MR) is 66.8 cm³/mol. The largest absolute Gasteiger partial charge is 0.273 e. The van der Waals surface area contributed by atoms with Crippen LogP contribution < -0.4 is 4.72 Å². The lowest BCUT2D eigenvalue weighted by molar-refractivity contribution is -0.385. The van der Waals surface area contributed by atoms with Crippen molar-refractivity contribution in [1.29, 1.82) is 0 Å². The Balaban J connectivity index is 2.28. The second-order valence-electron chi connectivity index (χ2n) is 4.51. The van der Waals surface area contributed by atoms with Crippen LogP contribution in [0.2, 0.25) is 0 Å². The number of nitrogens with one attached hydrogen (secondary N) is 1. The van der Waals surface area contributed by atoms with Gasteiger partial charge >= 0.3 is 0 Å². The van der Waals surface area contributed by atoms with Crippen molar-refractivity contribution in [3.05, 3.63) is 39.4 Å². The Hall–Kier alpha value is -1.47. The molecule has 0 amide bonds. The van der Waals surface area contributed by atoms with Crippen molar-refractivity contribution in [2.75, 3.05) is 6.26 Å². The van der Waals surface area contributed by atoms with Crippen LogP contribution in [0.5, 0.6) is 0 Å². The fraction of sp³-hybridized carbons (Fsp3) is 0.455. The molecule has 1 aromatic rings. The summed E-state index contributed by atoms with van der Waals surface area (Å²) in [5.74, 6) is 0.475. The average molecular weight is 270 g/mol. The van der Waals surface area contributed by atoms with E-state index in [0.29, 0.717) is 11.5 Å². The number of hydrogen-bond donors (Lipinski definition) is 1. The number of sulfonamides is 1. The van der Waals surface area contributed by atoms with E-state index in [1.807, 2.05) is 0 Å². The first-order valence-electron chi connectivity index (χ1n) is 5.58. The van der Waals surface area contributed by atoms with Gasteiger partial charge in [0.15, 0.2) is 0 Å². The van der Waals surface area contributed by atoms with Crippen LogP contribution in [-0.4, -0.2) is 19.6 Å². The van der Waals surface area contributed by atoms with Crippen LogP contribution in [0.1, 0.15) is 29.9 Å². The van der Waals surface area contributed by atoms with Gasteiger partial charge < -0.3 is 0 Å². The first-order chi connectivity index (χ1) is 8.37. The van der Waals surface area contributed by atoms with Crippen LogP contribution in [-0.2, 0) is 16.6 Å². The monoisotopic (exact) mass is 270 g/mol. The number of nitro benzene ring substituents is 1. The zero-order chi connectivity index (χ0) is 13.3. The molecule has 7 heteroatoms. The Labute approximate surface area is 105 Å². The van der Waals surface area contributed by atoms with Crippen molar-refractivity contribution in [3.63, 3.8) is 0 Å². The maximum Gasteiger partial charge on any atom is 0.273 e. The Bertz CT molecular complexity index is 579. The van der Waals surface area contributed by atoms with Crippen LogP contribution in [0.15, 0.2) is 18.2 Å². The lowest BCUT2D eigenvalue weighted by Gasteiger charge is -2.06. The molecule has 0 bridgehead atoms. The van der Waals surface area contributed by atoms with Gasteiger partial charge in [-0.2, -0.15) is 0 Å². The Morgan fingerprint density at radius 1 is 1.44 bits per heavy atom. The third-order valence-corrected chi connectivity index (χ3v) is 3.54. The maximum atomic E-state index is 11.0. The van der Waals surface area contributed by atoms with Crippen molar-refractivity contribution in [3.8, 4) is 0 Å². The number of benzene rings is 1. The van der Waals surface area contributed by atoms with E-state index in [2.05, 4.69) is 4.72 Å². The van der Waals surface area contributed by atoms with Gasteiger partial charge in [0.1, 0.15) is 0 Å². The first-order valence-corrected chi connectivity index (χ1v) is 7.48. The molecule has 0 radical (unpaired) electrons. The normalized spacial score (nSPS) is 15.6. The molecule has 0 unspecified atom stereocenters. The van der Waals surface area contributed by atoms with E-state index >= 15 is 0 Å². The third kappa shape index (κ3) is 3.27. The van der Waals surface area contributed by atoms with Gasteiger partial charge in [-0.25, -0.2) is 13.1 Å². The summed E-state index contributed by atoms with van der Waals surface area (Å²) in [4.78, 5) is 10.4. The summed E-state index contributed by atoms with van der Waals surface area (Å²) in [6, 6.07) is 4.93. The maximum absolute atomic E-state index is 11.0. The van der Waals surface area contributed by atoms with E-state index in [0.717, 1.165) is 24.7 Å². The second kappa shape index (κ2) is 4.66. The lowest BCUT2D eigenvalue weighted by atomic mass is 10.1. The number of nitrogens with zero attached hydrogens (tertiary/aromatic N) is 1. The molecular weight excluding hydrogens is 256 g/mol. The molecule has 1 aliphatic rings. The lowest BCUT2D eigenvalue weighted by Crippen LogP contribution is -2.21. The quantitative estimate of drug-likeness (QED) is 0.649. The minimum absolute atomic E-state index is 0.0458. The number of hydrogen-bond acceptors (Lipinski definition) is 4. The molecule has 6 nitrogen and oxygen atoms in total. The molecule has 1 saturated carbocycles. The average Bonchev–Trinajstić information content (AvgIpc) is 3.08. The molecule has 2 rings (SSSR count). The van der Waals surface area contributed by atoms with Crippen molar-refractivity contribution >= 4 is 15.7 Å². The van der Waals surface area contributed by atoms with Gasteiger partial charge in [-0.05, 0) is 30.4 Å². The zero-order valence-electron chi connectivity index (χ0n) is 9.92. The Kier molecular flexibility index (Phi) is 3.36. The van der Waals surface area contributed by atoms with Gasteiger partial charge in [-0.3, -0.25) is 10.1 Å². The zero-order valence-corrected chi connectivity index (χ0v) is 10.7. The molecule has 0 atom stereocenters. The molecular formula is C11H14N2O4S. The van der Waals surface area contributed by atoms with Crippen LogP contribution in [0.25, 0.3) is 0 Å². The smallest absolute Gasteiger partial charge is 0.258 e. The van der Waals surface area contributed by atoms with Gasteiger partial charge in [-0.15, -0.1) is 0 Å². The van der Waals surface area contributed by atoms with Gasteiger partial charge in [0, 0.05) is 18.2 Å². The van der Waals surface area contributed by atoms with Crippen molar-refractivity contribution in [1.82, 2.24) is 4.72 Å². The second-order valence-corrected chi connectivity index (χ2v) is 6.35. The minimum atomic E-state index is -3.35. The highest BCUT2D eigenvalue weighted by molar-refractivity contribution is 7.88. The summed E-state index contributed by atoms with van der Waals surface area (Å²) in [6.45, 7) is -0.0459. The molecule has 18 heavy (non-hydrogen) atoms. The fourth-order valence-corrected chi connectivity index (χ4v) is 2.22. The van der Waals surface area contributed by atoms with E-state index in [4.69, 9.17) is 0 Å². The third-order valence-electron chi connectivity index (χ3n) is 2.87. The summed E-state index contributed by atoms with van der Waals surface area (Å²) in [6.07, 6.45) is 3.22. The van der Waals surface area contributed by atoms with E-state index in [1.54, 1.807) is 12.1 Å². The van der Waals surface area contributed by atoms with Gasteiger partial charge in [-0.1, -0.05) is 6.07 Å². The molecule has 0 saturated heterocycles. The van der Waals surface area contributed by atoms with Gasteiger partial charge in [0.2, 0.25) is 10.0 Å². The van der Waals surface area contributed by atoms with E-state index < -0.39 is 14.9 Å². The molecule has 1 aromatic carbocycles. The molecule has 0 aromatic heterocycles. The Morgan fingerprint density at radius 2 is 2.11 bits per heavy atom. The molecule has 1 N–H and O–H groups in total. The standard InChI is InChI=1S/C11H14N2O4S/c1-18(16,17)12-7-10-6-9(8-2-3-8)4-5-11(10)13(14)15/h4-6,8,12H,2-3,7H2,1H3. The number of rotatable bonds is 5. The van der Waals surface area contributed by atoms with Crippen LogP contribution >= 0.6 is 0 Å². The van der Waals surface area contributed by atoms with Crippen LogP contribution in [0.3, 0.4) is 0 Å². The fourth-order valence-electron chi connectivity index (χ4n) is 1.80. The first kappa shape index (κ1) is 13.0. The van der Waals surface area contributed by atoms with E-state index in [1.165, 1.54) is 6.07 Å². The SMILES string of the molecule is CS(=O)(=O)NCc1cc(C2CC2)ccc1[N+](=O)[O-]. The molecule has 0 heterocycles. The molecule has 1 aliphatic carbocycles. The van der Waals surface area contributed by atoms with Gasteiger partial charge in [0.05, 0.1) is 11.2 Å². The minimum Gasteiger partial charge on any atom is -0.258 e. The predicted octanol–water partition coefficient (Wildman–Crippen LogP) is 1.52. The highest BCUT2D eigenvalue weighted by Crippen LogP contribution is 2.41. The molecule has 0 spiro atoms. The summed E-state index contributed by atoms with van der Waals surface area (Å²) in [5, 5.41) is 10.9.